The third-order valence-corrected chi connectivity index (χ3v) is 6.11. The van der Waals surface area contributed by atoms with Crippen molar-refractivity contribution in [3.63, 3.8) is 0 Å². The van der Waals surface area contributed by atoms with Crippen LogP contribution in [0.4, 0.5) is 21.2 Å². The van der Waals surface area contributed by atoms with Gasteiger partial charge >= 0.3 is 0 Å². The molecule has 0 radical (unpaired) electrons. The fraction of sp³-hybridized carbons (Fsp3) is 0.333. The lowest BCUT2D eigenvalue weighted by atomic mass is 10.0. The van der Waals surface area contributed by atoms with Gasteiger partial charge in [-0.3, -0.25) is 4.79 Å². The predicted molar refractivity (Wildman–Crippen MR) is 120 cm³/mol. The topological polar surface area (TPSA) is 98.9 Å². The number of thiazole rings is 1. The van der Waals surface area contributed by atoms with Gasteiger partial charge in [0.1, 0.15) is 17.1 Å². The normalized spacial score (nSPS) is 18.6. The number of benzene rings is 1. The first-order chi connectivity index (χ1) is 14.9. The molecule has 31 heavy (non-hydrogen) atoms. The Hall–Kier alpha value is -3.45. The molecule has 0 unspecified atom stereocenters. The highest BCUT2D eigenvalue weighted by Crippen LogP contribution is 2.30. The van der Waals surface area contributed by atoms with Crippen molar-refractivity contribution >= 4 is 45.0 Å². The monoisotopic (exact) mass is 439 g/mol. The molecule has 2 aromatic heterocycles. The number of carbonyl (C=O) groups is 1. The summed E-state index contributed by atoms with van der Waals surface area (Å²) in [5.74, 6) is 0.373. The molecule has 10 heteroatoms. The Morgan fingerprint density at radius 1 is 1.45 bits per heavy atom. The molecule has 1 aromatic carbocycles. The second-order valence-electron chi connectivity index (χ2n) is 7.54. The molecular formula is C21H22FN7OS. The number of amides is 1. The van der Waals surface area contributed by atoms with E-state index in [1.807, 2.05) is 35.6 Å². The number of halogens is 1. The number of nitriles is 1. The molecule has 1 saturated heterocycles. The molecule has 3 heterocycles. The Balaban J connectivity index is 1.60. The number of rotatable bonds is 5. The van der Waals surface area contributed by atoms with Crippen molar-refractivity contribution in [2.24, 2.45) is 7.05 Å². The number of aryl methyl sites for hydroxylation is 2. The molecular weight excluding hydrogens is 417 g/mol. The van der Waals surface area contributed by atoms with Crippen molar-refractivity contribution in [2.45, 2.75) is 25.6 Å². The molecule has 3 aromatic rings. The van der Waals surface area contributed by atoms with Crippen molar-refractivity contribution in [3.05, 3.63) is 41.4 Å². The van der Waals surface area contributed by atoms with Crippen LogP contribution in [0.25, 0.3) is 11.0 Å². The van der Waals surface area contributed by atoms with Gasteiger partial charge in [-0.15, -0.1) is 0 Å². The van der Waals surface area contributed by atoms with E-state index in [0.29, 0.717) is 40.1 Å². The van der Waals surface area contributed by atoms with Gasteiger partial charge in [0.05, 0.1) is 23.8 Å². The zero-order valence-electron chi connectivity index (χ0n) is 17.2. The number of nitrogens with one attached hydrogen (secondary N) is 2. The lowest BCUT2D eigenvalue weighted by molar-refractivity contribution is -0.111. The highest BCUT2D eigenvalue weighted by molar-refractivity contribution is 7.16. The van der Waals surface area contributed by atoms with Crippen LogP contribution < -0.4 is 15.5 Å². The number of carbonyl (C=O) groups excluding carboxylic acids is 1. The second-order valence-corrected chi connectivity index (χ2v) is 8.57. The SMILES string of the molecule is C=CC(=O)Nc1cc2nc(N3C[C@@H](F)C[C@@H](Nc4ncc(C#N)s4)C3)n(C)c2cc1C. The molecule has 2 N–H and O–H groups in total. The summed E-state index contributed by atoms with van der Waals surface area (Å²) in [7, 11) is 1.90. The van der Waals surface area contributed by atoms with Gasteiger partial charge in [-0.25, -0.2) is 14.4 Å². The van der Waals surface area contributed by atoms with E-state index in [2.05, 4.69) is 28.3 Å². The minimum Gasteiger partial charge on any atom is -0.357 e. The second kappa shape index (κ2) is 8.35. The molecule has 0 aliphatic carbocycles. The molecule has 1 amide bonds. The lowest BCUT2D eigenvalue weighted by Gasteiger charge is -2.35. The molecule has 2 atom stereocenters. The predicted octanol–water partition coefficient (Wildman–Crippen LogP) is 3.36. The van der Waals surface area contributed by atoms with Crippen LogP contribution in [-0.4, -0.2) is 45.7 Å². The first-order valence-corrected chi connectivity index (χ1v) is 10.6. The molecule has 1 aliphatic rings. The maximum Gasteiger partial charge on any atom is 0.247 e. The fourth-order valence-electron chi connectivity index (χ4n) is 3.80. The number of hydrogen-bond donors (Lipinski definition) is 2. The summed E-state index contributed by atoms with van der Waals surface area (Å²) in [6.07, 6.45) is 2.07. The van der Waals surface area contributed by atoms with E-state index in [-0.39, 0.29) is 18.5 Å². The first-order valence-electron chi connectivity index (χ1n) is 9.80. The molecule has 160 valence electrons. The Kier molecular flexibility index (Phi) is 5.61. The van der Waals surface area contributed by atoms with Crippen molar-refractivity contribution in [1.29, 1.82) is 5.26 Å². The van der Waals surface area contributed by atoms with Crippen molar-refractivity contribution in [3.8, 4) is 6.07 Å². The number of hydrogen-bond acceptors (Lipinski definition) is 7. The van der Waals surface area contributed by atoms with Crippen LogP contribution >= 0.6 is 11.3 Å². The van der Waals surface area contributed by atoms with Crippen LogP contribution in [0.15, 0.2) is 31.0 Å². The highest BCUT2D eigenvalue weighted by atomic mass is 32.1. The van der Waals surface area contributed by atoms with Crippen LogP contribution in [0, 0.1) is 18.3 Å². The lowest BCUT2D eigenvalue weighted by Crippen LogP contribution is -2.48. The highest BCUT2D eigenvalue weighted by Gasteiger charge is 2.30. The van der Waals surface area contributed by atoms with E-state index in [4.69, 9.17) is 10.2 Å². The van der Waals surface area contributed by atoms with Gasteiger partial charge in [0, 0.05) is 31.7 Å². The smallest absolute Gasteiger partial charge is 0.247 e. The number of imidazole rings is 1. The van der Waals surface area contributed by atoms with Crippen LogP contribution in [-0.2, 0) is 11.8 Å². The summed E-state index contributed by atoms with van der Waals surface area (Å²) in [5.41, 5.74) is 3.18. The van der Waals surface area contributed by atoms with Gasteiger partial charge in [0.2, 0.25) is 11.9 Å². The van der Waals surface area contributed by atoms with E-state index < -0.39 is 6.17 Å². The Morgan fingerprint density at radius 2 is 2.26 bits per heavy atom. The molecule has 8 nitrogen and oxygen atoms in total. The van der Waals surface area contributed by atoms with Crippen LogP contribution in [0.3, 0.4) is 0 Å². The molecule has 0 bridgehead atoms. The fourth-order valence-corrected chi connectivity index (χ4v) is 4.49. The summed E-state index contributed by atoms with van der Waals surface area (Å²) in [4.78, 5) is 23.0. The molecule has 0 saturated carbocycles. The largest absolute Gasteiger partial charge is 0.357 e. The quantitative estimate of drug-likeness (QED) is 0.592. The standard InChI is InChI=1S/C21H22FN7OS/c1-4-19(30)26-16-7-17-18(5-12(16)2)28(3)21(27-17)29-10-13(22)6-14(11-29)25-20-24-9-15(8-23)31-20/h4-5,7,9,13-14H,1,6,10-11H2,2-3H3,(H,24,25)(H,26,30)/t13-,14+/m0/s1. The van der Waals surface area contributed by atoms with Crippen LogP contribution in [0.5, 0.6) is 0 Å². The first kappa shape index (κ1) is 20.8. The summed E-state index contributed by atoms with van der Waals surface area (Å²) in [6, 6.07) is 5.67. The van der Waals surface area contributed by atoms with E-state index in [1.165, 1.54) is 23.6 Å². The van der Waals surface area contributed by atoms with Crippen molar-refractivity contribution in [2.75, 3.05) is 28.6 Å². The average Bonchev–Trinajstić information content (AvgIpc) is 3.32. The third-order valence-electron chi connectivity index (χ3n) is 5.27. The number of nitrogens with zero attached hydrogens (tertiary/aromatic N) is 5. The Bertz CT molecular complexity index is 1190. The maximum absolute atomic E-state index is 14.6. The van der Waals surface area contributed by atoms with Crippen LogP contribution in [0.1, 0.15) is 16.9 Å². The molecule has 0 spiro atoms. The third kappa shape index (κ3) is 4.22. The molecule has 1 aliphatic heterocycles. The van der Waals surface area contributed by atoms with Gasteiger partial charge < -0.3 is 20.1 Å². The summed E-state index contributed by atoms with van der Waals surface area (Å²) in [5, 5.41) is 15.6. The minimum atomic E-state index is -1.02. The van der Waals surface area contributed by atoms with Gasteiger partial charge in [0.25, 0.3) is 0 Å². The van der Waals surface area contributed by atoms with E-state index >= 15 is 0 Å². The van der Waals surface area contributed by atoms with Gasteiger partial charge in [-0.05, 0) is 30.7 Å². The maximum atomic E-state index is 14.6. The number of fused-ring (bicyclic) bond motifs is 1. The summed E-state index contributed by atoms with van der Waals surface area (Å²) >= 11 is 1.25. The number of piperidine rings is 1. The number of alkyl halides is 1. The van der Waals surface area contributed by atoms with E-state index in [0.717, 1.165) is 11.1 Å². The van der Waals surface area contributed by atoms with Crippen molar-refractivity contribution in [1.82, 2.24) is 14.5 Å². The zero-order valence-corrected chi connectivity index (χ0v) is 18.0. The molecule has 4 rings (SSSR count). The zero-order chi connectivity index (χ0) is 22.1. The number of aromatic nitrogens is 3. The summed E-state index contributed by atoms with van der Waals surface area (Å²) in [6.45, 7) is 6.19. The van der Waals surface area contributed by atoms with Gasteiger partial charge in [0.15, 0.2) is 5.13 Å². The van der Waals surface area contributed by atoms with Gasteiger partial charge in [-0.2, -0.15) is 5.26 Å². The Labute approximate surface area is 183 Å². The summed E-state index contributed by atoms with van der Waals surface area (Å²) < 4.78 is 16.5. The molecule has 1 fully saturated rings. The van der Waals surface area contributed by atoms with Gasteiger partial charge in [-0.1, -0.05) is 17.9 Å². The van der Waals surface area contributed by atoms with E-state index in [9.17, 15) is 9.18 Å². The Morgan fingerprint density at radius 3 is 2.97 bits per heavy atom. The van der Waals surface area contributed by atoms with E-state index in [1.54, 1.807) is 0 Å². The average molecular weight is 440 g/mol. The van der Waals surface area contributed by atoms with Crippen molar-refractivity contribution < 1.29 is 9.18 Å². The van der Waals surface area contributed by atoms with Crippen LogP contribution in [0.2, 0.25) is 0 Å². The minimum absolute atomic E-state index is 0.162. The number of anilines is 3.